The van der Waals surface area contributed by atoms with Gasteiger partial charge in [-0.15, -0.1) is 0 Å². The van der Waals surface area contributed by atoms with Crippen LogP contribution in [-0.4, -0.2) is 29.7 Å². The normalized spacial score (nSPS) is 9.93. The van der Waals surface area contributed by atoms with E-state index >= 15 is 0 Å². The van der Waals surface area contributed by atoms with Crippen LogP contribution in [0.15, 0.2) is 6.33 Å². The lowest BCUT2D eigenvalue weighted by Gasteiger charge is -2.09. The molecule has 0 amide bonds. The van der Waals surface area contributed by atoms with Crippen LogP contribution in [0.25, 0.3) is 0 Å². The van der Waals surface area contributed by atoms with E-state index in [1.165, 1.54) is 6.33 Å². The van der Waals surface area contributed by atoms with Gasteiger partial charge in [-0.2, -0.15) is 0 Å². The van der Waals surface area contributed by atoms with E-state index in [1.807, 2.05) is 13.8 Å². The Balaban J connectivity index is 2.78. The second kappa shape index (κ2) is 5.39. The van der Waals surface area contributed by atoms with Crippen molar-refractivity contribution in [1.82, 2.24) is 9.97 Å². The Bertz CT molecular complexity index is 291. The summed E-state index contributed by atoms with van der Waals surface area (Å²) in [6.45, 7) is 5.25. The van der Waals surface area contributed by atoms with Gasteiger partial charge in [0.1, 0.15) is 12.9 Å². The van der Waals surface area contributed by atoms with E-state index in [4.69, 9.17) is 15.2 Å². The number of aromatic nitrogens is 2. The third kappa shape index (κ3) is 2.56. The van der Waals surface area contributed by atoms with Gasteiger partial charge in [0.25, 0.3) is 0 Å². The van der Waals surface area contributed by atoms with Crippen molar-refractivity contribution in [2.75, 3.05) is 19.8 Å². The zero-order chi connectivity index (χ0) is 10.4. The van der Waals surface area contributed by atoms with Crippen molar-refractivity contribution in [1.29, 1.82) is 0 Å². The summed E-state index contributed by atoms with van der Waals surface area (Å²) in [5, 5.41) is 0. The predicted octanol–water partition coefficient (Wildman–Crippen LogP) is 0.521. The summed E-state index contributed by atoms with van der Waals surface area (Å²) in [5.41, 5.74) is 6.13. The van der Waals surface area contributed by atoms with E-state index in [0.29, 0.717) is 31.5 Å². The van der Waals surface area contributed by atoms with Crippen LogP contribution in [0.1, 0.15) is 12.5 Å². The van der Waals surface area contributed by atoms with Crippen LogP contribution >= 0.6 is 0 Å². The highest BCUT2D eigenvalue weighted by Gasteiger charge is 2.07. The van der Waals surface area contributed by atoms with E-state index in [1.54, 1.807) is 0 Å². The molecule has 0 atom stereocenters. The third-order valence-electron chi connectivity index (χ3n) is 1.63. The summed E-state index contributed by atoms with van der Waals surface area (Å²) in [5.74, 6) is 1.10. The highest BCUT2D eigenvalue weighted by molar-refractivity contribution is 5.32. The standard InChI is InChI=1S/C9H15N3O2/c1-3-13-8-7(2)9(12-6-11-8)14-5-4-10/h6H,3-5,10H2,1-2H3. The first-order valence-corrected chi connectivity index (χ1v) is 4.56. The monoisotopic (exact) mass is 197 g/mol. The molecule has 0 spiro atoms. The largest absolute Gasteiger partial charge is 0.478 e. The molecule has 5 heteroatoms. The predicted molar refractivity (Wildman–Crippen MR) is 52.5 cm³/mol. The van der Waals surface area contributed by atoms with Crippen molar-refractivity contribution < 1.29 is 9.47 Å². The average molecular weight is 197 g/mol. The SMILES string of the molecule is CCOc1ncnc(OCCN)c1C. The number of rotatable bonds is 5. The van der Waals surface area contributed by atoms with Gasteiger partial charge in [-0.1, -0.05) is 0 Å². The van der Waals surface area contributed by atoms with Gasteiger partial charge in [0, 0.05) is 6.54 Å². The summed E-state index contributed by atoms with van der Waals surface area (Å²) in [4.78, 5) is 7.98. The molecular weight excluding hydrogens is 182 g/mol. The van der Waals surface area contributed by atoms with Crippen molar-refractivity contribution in [2.24, 2.45) is 5.73 Å². The minimum Gasteiger partial charge on any atom is -0.478 e. The Morgan fingerprint density at radius 3 is 2.50 bits per heavy atom. The fourth-order valence-electron chi connectivity index (χ4n) is 1.00. The molecule has 0 bridgehead atoms. The topological polar surface area (TPSA) is 70.3 Å². The van der Waals surface area contributed by atoms with Gasteiger partial charge in [0.05, 0.1) is 12.2 Å². The fraction of sp³-hybridized carbons (Fsp3) is 0.556. The smallest absolute Gasteiger partial charge is 0.223 e. The van der Waals surface area contributed by atoms with Crippen LogP contribution in [-0.2, 0) is 0 Å². The Kier molecular flexibility index (Phi) is 4.12. The molecule has 0 aliphatic rings. The van der Waals surface area contributed by atoms with Crippen molar-refractivity contribution in [3.63, 3.8) is 0 Å². The van der Waals surface area contributed by atoms with E-state index in [0.717, 1.165) is 5.56 Å². The van der Waals surface area contributed by atoms with Crippen molar-refractivity contribution in [3.8, 4) is 11.8 Å². The molecule has 1 aromatic heterocycles. The van der Waals surface area contributed by atoms with Gasteiger partial charge >= 0.3 is 0 Å². The van der Waals surface area contributed by atoms with Crippen molar-refractivity contribution >= 4 is 0 Å². The van der Waals surface area contributed by atoms with E-state index < -0.39 is 0 Å². The number of ether oxygens (including phenoxy) is 2. The first-order valence-electron chi connectivity index (χ1n) is 4.56. The molecule has 0 saturated carbocycles. The van der Waals surface area contributed by atoms with Gasteiger partial charge < -0.3 is 15.2 Å². The molecule has 0 unspecified atom stereocenters. The fourth-order valence-corrected chi connectivity index (χ4v) is 1.00. The maximum absolute atomic E-state index is 5.32. The van der Waals surface area contributed by atoms with Crippen LogP contribution in [0.2, 0.25) is 0 Å². The molecule has 0 fully saturated rings. The number of nitrogens with zero attached hydrogens (tertiary/aromatic N) is 2. The lowest BCUT2D eigenvalue weighted by molar-refractivity contribution is 0.295. The summed E-state index contributed by atoms with van der Waals surface area (Å²) in [7, 11) is 0. The first-order chi connectivity index (χ1) is 6.79. The molecule has 14 heavy (non-hydrogen) atoms. The van der Waals surface area contributed by atoms with Gasteiger partial charge in [-0.3, -0.25) is 0 Å². The first kappa shape index (κ1) is 10.7. The second-order valence-corrected chi connectivity index (χ2v) is 2.68. The Morgan fingerprint density at radius 2 is 1.93 bits per heavy atom. The summed E-state index contributed by atoms with van der Waals surface area (Å²) in [6.07, 6.45) is 1.42. The summed E-state index contributed by atoms with van der Waals surface area (Å²) in [6, 6.07) is 0. The number of hydrogen-bond donors (Lipinski definition) is 1. The van der Waals surface area contributed by atoms with Crippen LogP contribution in [0.5, 0.6) is 11.8 Å². The molecule has 5 nitrogen and oxygen atoms in total. The maximum atomic E-state index is 5.32. The molecule has 2 N–H and O–H groups in total. The van der Waals surface area contributed by atoms with Crippen LogP contribution in [0, 0.1) is 6.92 Å². The average Bonchev–Trinajstić information content (AvgIpc) is 2.20. The Morgan fingerprint density at radius 1 is 1.29 bits per heavy atom. The molecular formula is C9H15N3O2. The van der Waals surface area contributed by atoms with Crippen molar-refractivity contribution in [3.05, 3.63) is 11.9 Å². The minimum absolute atomic E-state index is 0.448. The van der Waals surface area contributed by atoms with Gasteiger partial charge in [0.15, 0.2) is 0 Å². The lowest BCUT2D eigenvalue weighted by Crippen LogP contribution is -2.12. The minimum atomic E-state index is 0.448. The molecule has 0 saturated heterocycles. The molecule has 0 aliphatic carbocycles. The molecule has 0 radical (unpaired) electrons. The second-order valence-electron chi connectivity index (χ2n) is 2.68. The molecule has 1 aromatic rings. The van der Waals surface area contributed by atoms with E-state index in [2.05, 4.69) is 9.97 Å². The van der Waals surface area contributed by atoms with Crippen LogP contribution in [0.3, 0.4) is 0 Å². The number of nitrogens with two attached hydrogens (primary N) is 1. The van der Waals surface area contributed by atoms with Gasteiger partial charge in [-0.05, 0) is 13.8 Å². The number of hydrogen-bond acceptors (Lipinski definition) is 5. The van der Waals surface area contributed by atoms with Gasteiger partial charge in [-0.25, -0.2) is 9.97 Å². The molecule has 1 rings (SSSR count). The quantitative estimate of drug-likeness (QED) is 0.745. The summed E-state index contributed by atoms with van der Waals surface area (Å²) < 4.78 is 10.6. The van der Waals surface area contributed by atoms with Crippen molar-refractivity contribution in [2.45, 2.75) is 13.8 Å². The van der Waals surface area contributed by atoms with E-state index in [-0.39, 0.29) is 0 Å². The lowest BCUT2D eigenvalue weighted by atomic mass is 10.3. The highest BCUT2D eigenvalue weighted by atomic mass is 16.5. The molecule has 0 aliphatic heterocycles. The third-order valence-corrected chi connectivity index (χ3v) is 1.63. The summed E-state index contributed by atoms with van der Waals surface area (Å²) >= 11 is 0. The Hall–Kier alpha value is -1.36. The Labute approximate surface area is 83.3 Å². The van der Waals surface area contributed by atoms with E-state index in [9.17, 15) is 0 Å². The zero-order valence-electron chi connectivity index (χ0n) is 8.49. The van der Waals surface area contributed by atoms with Crippen LogP contribution < -0.4 is 15.2 Å². The zero-order valence-corrected chi connectivity index (χ0v) is 8.49. The molecule has 1 heterocycles. The van der Waals surface area contributed by atoms with Gasteiger partial charge in [0.2, 0.25) is 11.8 Å². The molecule has 78 valence electrons. The van der Waals surface area contributed by atoms with Crippen LogP contribution in [0.4, 0.5) is 0 Å². The highest BCUT2D eigenvalue weighted by Crippen LogP contribution is 2.21. The maximum Gasteiger partial charge on any atom is 0.223 e. The molecule has 0 aromatic carbocycles.